The van der Waals surface area contributed by atoms with Crippen LogP contribution < -0.4 is 16.8 Å². The summed E-state index contributed by atoms with van der Waals surface area (Å²) in [7, 11) is 0. The fraction of sp³-hybridized carbons (Fsp3) is 1.00. The Morgan fingerprint density at radius 1 is 0.667 bits per heavy atom. The van der Waals surface area contributed by atoms with Gasteiger partial charge in [0, 0.05) is 12.6 Å². The third kappa shape index (κ3) is 20.4. The summed E-state index contributed by atoms with van der Waals surface area (Å²) in [6.07, 6.45) is 19.2. The molecule has 0 aromatic carbocycles. The second-order valence-electron chi connectivity index (χ2n) is 8.33. The molecule has 0 aromatic rings. The smallest absolute Gasteiger partial charge is 0.0166 e. The number of unbranched alkanes of at least 4 members (excludes halogenated alkanes) is 11. The van der Waals surface area contributed by atoms with Gasteiger partial charge in [-0.25, -0.2) is 0 Å². The van der Waals surface area contributed by atoms with Crippen LogP contribution in [0.15, 0.2) is 0 Å². The van der Waals surface area contributed by atoms with Crippen molar-refractivity contribution in [1.29, 1.82) is 0 Å². The van der Waals surface area contributed by atoms with Crippen LogP contribution in [0.1, 0.15) is 104 Å². The topological polar surface area (TPSA) is 67.3 Å². The van der Waals surface area contributed by atoms with Crippen LogP contribution in [0.2, 0.25) is 0 Å². The Hall–Kier alpha value is -0.160. The molecule has 0 bridgehead atoms. The maximum absolute atomic E-state index is 5.72. The fourth-order valence-electron chi connectivity index (χ4n) is 3.69. The van der Waals surface area contributed by atoms with Crippen LogP contribution in [-0.2, 0) is 0 Å². The standard InChI is InChI=1S/C23H52N4/c1-3-4-5-6-7-8-9-10-11-12-13-14-20-27(21-16-18-25)22-23(2)26-19-15-17-24/h23,26H,3-22,24-25H2,1-2H3. The average molecular weight is 385 g/mol. The quantitative estimate of drug-likeness (QED) is 0.237. The molecule has 0 heterocycles. The van der Waals surface area contributed by atoms with Gasteiger partial charge in [-0.2, -0.15) is 0 Å². The van der Waals surface area contributed by atoms with E-state index in [1.807, 2.05) is 0 Å². The van der Waals surface area contributed by atoms with E-state index in [2.05, 4.69) is 24.1 Å². The van der Waals surface area contributed by atoms with Gasteiger partial charge < -0.3 is 21.7 Å². The van der Waals surface area contributed by atoms with Crippen LogP contribution in [-0.4, -0.2) is 50.2 Å². The van der Waals surface area contributed by atoms with E-state index in [0.29, 0.717) is 6.04 Å². The van der Waals surface area contributed by atoms with Gasteiger partial charge in [0.15, 0.2) is 0 Å². The van der Waals surface area contributed by atoms with Gasteiger partial charge in [-0.1, -0.05) is 77.6 Å². The number of rotatable bonds is 22. The van der Waals surface area contributed by atoms with E-state index >= 15 is 0 Å². The molecule has 0 amide bonds. The summed E-state index contributed by atoms with van der Waals surface area (Å²) in [6.45, 7) is 10.7. The van der Waals surface area contributed by atoms with Crippen LogP contribution in [0.3, 0.4) is 0 Å². The molecule has 0 aromatic heterocycles. The summed E-state index contributed by atoms with van der Waals surface area (Å²) in [5.41, 5.74) is 11.3. The monoisotopic (exact) mass is 384 g/mol. The first-order valence-electron chi connectivity index (χ1n) is 12.1. The minimum atomic E-state index is 0.534. The Morgan fingerprint density at radius 2 is 1.15 bits per heavy atom. The SMILES string of the molecule is CCCCCCCCCCCCCCN(CCCN)CC(C)NCCCN. The fourth-order valence-corrected chi connectivity index (χ4v) is 3.69. The molecule has 4 heteroatoms. The molecular formula is C23H52N4. The van der Waals surface area contributed by atoms with E-state index in [1.54, 1.807) is 0 Å². The van der Waals surface area contributed by atoms with Crippen LogP contribution >= 0.6 is 0 Å². The van der Waals surface area contributed by atoms with Gasteiger partial charge in [0.1, 0.15) is 0 Å². The maximum Gasteiger partial charge on any atom is 0.0166 e. The van der Waals surface area contributed by atoms with E-state index in [9.17, 15) is 0 Å². The second-order valence-corrected chi connectivity index (χ2v) is 8.33. The lowest BCUT2D eigenvalue weighted by Crippen LogP contribution is -2.41. The Labute approximate surface area is 171 Å². The van der Waals surface area contributed by atoms with Gasteiger partial charge in [-0.15, -0.1) is 0 Å². The molecule has 0 aliphatic carbocycles. The zero-order valence-corrected chi connectivity index (χ0v) is 18.8. The van der Waals surface area contributed by atoms with E-state index in [0.717, 1.165) is 45.6 Å². The van der Waals surface area contributed by atoms with Crippen molar-refractivity contribution in [3.8, 4) is 0 Å². The molecule has 27 heavy (non-hydrogen) atoms. The van der Waals surface area contributed by atoms with Crippen molar-refractivity contribution in [3.05, 3.63) is 0 Å². The lowest BCUT2D eigenvalue weighted by Gasteiger charge is -2.26. The predicted octanol–water partition coefficient (Wildman–Crippen LogP) is 4.67. The van der Waals surface area contributed by atoms with E-state index in [4.69, 9.17) is 11.5 Å². The molecule has 0 fully saturated rings. The highest BCUT2D eigenvalue weighted by Gasteiger charge is 2.09. The summed E-state index contributed by atoms with van der Waals surface area (Å²) in [5, 5.41) is 3.58. The van der Waals surface area contributed by atoms with Crippen molar-refractivity contribution >= 4 is 0 Å². The van der Waals surface area contributed by atoms with Gasteiger partial charge in [-0.05, 0) is 58.9 Å². The maximum atomic E-state index is 5.72. The van der Waals surface area contributed by atoms with Gasteiger partial charge in [0.25, 0.3) is 0 Å². The first kappa shape index (κ1) is 26.8. The molecule has 0 radical (unpaired) electrons. The van der Waals surface area contributed by atoms with Crippen LogP contribution in [0.25, 0.3) is 0 Å². The van der Waals surface area contributed by atoms with Crippen molar-refractivity contribution in [3.63, 3.8) is 0 Å². The van der Waals surface area contributed by atoms with Gasteiger partial charge in [0.2, 0.25) is 0 Å². The molecule has 1 unspecified atom stereocenters. The molecule has 0 spiro atoms. The third-order valence-electron chi connectivity index (χ3n) is 5.41. The predicted molar refractivity (Wildman–Crippen MR) is 122 cm³/mol. The molecule has 5 N–H and O–H groups in total. The van der Waals surface area contributed by atoms with E-state index in [-0.39, 0.29) is 0 Å². The summed E-state index contributed by atoms with van der Waals surface area (Å²) < 4.78 is 0. The molecule has 4 nitrogen and oxygen atoms in total. The summed E-state index contributed by atoms with van der Waals surface area (Å²) in [6, 6.07) is 0.534. The van der Waals surface area contributed by atoms with Crippen molar-refractivity contribution < 1.29 is 0 Å². The molecule has 0 rings (SSSR count). The lowest BCUT2D eigenvalue weighted by molar-refractivity contribution is 0.240. The zero-order valence-electron chi connectivity index (χ0n) is 18.8. The molecule has 0 aliphatic heterocycles. The molecule has 0 saturated heterocycles. The first-order valence-corrected chi connectivity index (χ1v) is 12.1. The number of hydrogen-bond acceptors (Lipinski definition) is 4. The highest BCUT2D eigenvalue weighted by Crippen LogP contribution is 2.12. The summed E-state index contributed by atoms with van der Waals surface area (Å²) in [5.74, 6) is 0. The van der Waals surface area contributed by atoms with Crippen molar-refractivity contribution in [1.82, 2.24) is 10.2 Å². The summed E-state index contributed by atoms with van der Waals surface area (Å²) >= 11 is 0. The highest BCUT2D eigenvalue weighted by molar-refractivity contribution is 4.68. The Morgan fingerprint density at radius 3 is 1.67 bits per heavy atom. The Balaban J connectivity index is 3.60. The normalized spacial score (nSPS) is 12.8. The lowest BCUT2D eigenvalue weighted by atomic mass is 10.1. The highest BCUT2D eigenvalue weighted by atomic mass is 15.1. The summed E-state index contributed by atoms with van der Waals surface area (Å²) in [4.78, 5) is 2.60. The van der Waals surface area contributed by atoms with E-state index < -0.39 is 0 Å². The second kappa shape index (κ2) is 22.1. The van der Waals surface area contributed by atoms with Crippen molar-refractivity contribution in [2.24, 2.45) is 11.5 Å². The molecular weight excluding hydrogens is 332 g/mol. The molecule has 1 atom stereocenters. The van der Waals surface area contributed by atoms with Gasteiger partial charge in [-0.3, -0.25) is 0 Å². The third-order valence-corrected chi connectivity index (χ3v) is 5.41. The Bertz CT molecular complexity index is 273. The first-order chi connectivity index (χ1) is 13.2. The van der Waals surface area contributed by atoms with Crippen molar-refractivity contribution in [2.75, 3.05) is 39.3 Å². The number of nitrogens with one attached hydrogen (secondary N) is 1. The Kier molecular flexibility index (Phi) is 22.0. The van der Waals surface area contributed by atoms with Gasteiger partial charge >= 0.3 is 0 Å². The largest absolute Gasteiger partial charge is 0.330 e. The minimum absolute atomic E-state index is 0.534. The zero-order chi connectivity index (χ0) is 20.0. The molecule has 164 valence electrons. The van der Waals surface area contributed by atoms with E-state index in [1.165, 1.54) is 83.6 Å². The minimum Gasteiger partial charge on any atom is -0.330 e. The van der Waals surface area contributed by atoms with Gasteiger partial charge in [0.05, 0.1) is 0 Å². The number of hydrogen-bond donors (Lipinski definition) is 3. The average Bonchev–Trinajstić information content (AvgIpc) is 2.67. The molecule has 0 aliphatic rings. The van der Waals surface area contributed by atoms with Crippen LogP contribution in [0.4, 0.5) is 0 Å². The number of nitrogens with zero attached hydrogens (tertiary/aromatic N) is 1. The van der Waals surface area contributed by atoms with Crippen molar-refractivity contribution in [2.45, 2.75) is 110 Å². The molecule has 0 saturated carbocycles. The van der Waals surface area contributed by atoms with Crippen LogP contribution in [0, 0.1) is 0 Å². The number of nitrogens with two attached hydrogens (primary N) is 2. The van der Waals surface area contributed by atoms with Crippen LogP contribution in [0.5, 0.6) is 0 Å².